The second kappa shape index (κ2) is 6.78. The Labute approximate surface area is 128 Å². The van der Waals surface area contributed by atoms with Crippen molar-refractivity contribution in [3.63, 3.8) is 0 Å². The lowest BCUT2D eigenvalue weighted by atomic mass is 9.92. The number of halogens is 2. The summed E-state index contributed by atoms with van der Waals surface area (Å²) < 4.78 is 4.89. The summed E-state index contributed by atoms with van der Waals surface area (Å²) in [4.78, 5) is 12.0. The van der Waals surface area contributed by atoms with Gasteiger partial charge in [-0.25, -0.2) is 0 Å². The van der Waals surface area contributed by atoms with Gasteiger partial charge in [-0.05, 0) is 41.8 Å². The number of carbonyl (C=O) groups is 1. The molecule has 0 unspecified atom stereocenters. The maximum atomic E-state index is 12.0. The van der Waals surface area contributed by atoms with Crippen LogP contribution in [0.5, 0.6) is 0 Å². The SMILES string of the molecule is COC(=O)[C@@H](Cc1ccc(Cl)cc1)c1ccc(Cl)cc1. The first-order chi connectivity index (χ1) is 9.60. The van der Waals surface area contributed by atoms with Gasteiger partial charge in [-0.2, -0.15) is 0 Å². The quantitative estimate of drug-likeness (QED) is 0.778. The lowest BCUT2D eigenvalue weighted by Gasteiger charge is -2.15. The third-order valence-electron chi connectivity index (χ3n) is 3.11. The Kier molecular flexibility index (Phi) is 5.05. The summed E-state index contributed by atoms with van der Waals surface area (Å²) in [5.41, 5.74) is 1.91. The molecule has 0 radical (unpaired) electrons. The minimum absolute atomic E-state index is 0.262. The van der Waals surface area contributed by atoms with Crippen molar-refractivity contribution in [2.24, 2.45) is 0 Å². The molecule has 0 saturated heterocycles. The van der Waals surface area contributed by atoms with E-state index in [-0.39, 0.29) is 11.9 Å². The predicted molar refractivity (Wildman–Crippen MR) is 81.4 cm³/mol. The van der Waals surface area contributed by atoms with Crippen molar-refractivity contribution in [2.45, 2.75) is 12.3 Å². The van der Waals surface area contributed by atoms with Crippen molar-refractivity contribution in [3.8, 4) is 0 Å². The molecule has 0 aromatic heterocycles. The molecule has 4 heteroatoms. The fourth-order valence-corrected chi connectivity index (χ4v) is 2.28. The molecule has 104 valence electrons. The smallest absolute Gasteiger partial charge is 0.313 e. The second-order valence-electron chi connectivity index (χ2n) is 4.46. The number of rotatable bonds is 4. The molecule has 2 nitrogen and oxygen atoms in total. The molecular formula is C16H14Cl2O2. The van der Waals surface area contributed by atoms with Gasteiger partial charge in [0, 0.05) is 10.0 Å². The number of hydrogen-bond acceptors (Lipinski definition) is 2. The summed E-state index contributed by atoms with van der Waals surface area (Å²) in [6.07, 6.45) is 0.561. The molecule has 2 aromatic carbocycles. The van der Waals surface area contributed by atoms with E-state index < -0.39 is 0 Å². The fourth-order valence-electron chi connectivity index (χ4n) is 2.03. The molecule has 0 aliphatic rings. The van der Waals surface area contributed by atoms with Crippen LogP contribution in [0.25, 0.3) is 0 Å². The van der Waals surface area contributed by atoms with E-state index in [4.69, 9.17) is 27.9 Å². The Morgan fingerprint density at radius 2 is 1.50 bits per heavy atom. The van der Waals surface area contributed by atoms with Gasteiger partial charge in [-0.1, -0.05) is 47.5 Å². The fraction of sp³-hybridized carbons (Fsp3) is 0.188. The molecule has 0 amide bonds. The van der Waals surface area contributed by atoms with Gasteiger partial charge in [0.25, 0.3) is 0 Å². The lowest BCUT2D eigenvalue weighted by Crippen LogP contribution is -2.16. The van der Waals surface area contributed by atoms with Gasteiger partial charge in [0.05, 0.1) is 13.0 Å². The van der Waals surface area contributed by atoms with Crippen molar-refractivity contribution >= 4 is 29.2 Å². The minimum Gasteiger partial charge on any atom is -0.469 e. The zero-order valence-corrected chi connectivity index (χ0v) is 12.5. The molecule has 20 heavy (non-hydrogen) atoms. The van der Waals surface area contributed by atoms with E-state index in [0.29, 0.717) is 16.5 Å². The summed E-state index contributed by atoms with van der Waals surface area (Å²) in [5, 5.41) is 1.32. The van der Waals surface area contributed by atoms with Gasteiger partial charge in [0.15, 0.2) is 0 Å². The third kappa shape index (κ3) is 3.75. The van der Waals surface area contributed by atoms with E-state index in [2.05, 4.69) is 0 Å². The lowest BCUT2D eigenvalue weighted by molar-refractivity contribution is -0.142. The topological polar surface area (TPSA) is 26.3 Å². The van der Waals surface area contributed by atoms with Crippen molar-refractivity contribution < 1.29 is 9.53 Å². The standard InChI is InChI=1S/C16H14Cl2O2/c1-20-16(19)15(12-4-8-14(18)9-5-12)10-11-2-6-13(17)7-3-11/h2-9,15H,10H2,1H3/t15-/m0/s1. The van der Waals surface area contributed by atoms with Crippen LogP contribution in [0.1, 0.15) is 17.0 Å². The summed E-state index contributed by atoms with van der Waals surface area (Å²) in [6.45, 7) is 0. The first kappa shape index (κ1) is 14.9. The van der Waals surface area contributed by atoms with Crippen LogP contribution >= 0.6 is 23.2 Å². The van der Waals surface area contributed by atoms with E-state index in [9.17, 15) is 4.79 Å². The van der Waals surface area contributed by atoms with Crippen LogP contribution in [0.2, 0.25) is 10.0 Å². The van der Waals surface area contributed by atoms with E-state index in [1.54, 1.807) is 12.1 Å². The van der Waals surface area contributed by atoms with Crippen molar-refractivity contribution in [1.29, 1.82) is 0 Å². The Bertz CT molecular complexity index is 576. The molecular weight excluding hydrogens is 295 g/mol. The molecule has 0 N–H and O–H groups in total. The maximum absolute atomic E-state index is 12.0. The van der Waals surface area contributed by atoms with E-state index in [1.165, 1.54) is 7.11 Å². The molecule has 0 spiro atoms. The molecule has 0 saturated carbocycles. The van der Waals surface area contributed by atoms with Gasteiger partial charge in [-0.3, -0.25) is 4.79 Å². The predicted octanol–water partition coefficient (Wildman–Crippen LogP) is 4.49. The Morgan fingerprint density at radius 1 is 1.00 bits per heavy atom. The highest BCUT2D eigenvalue weighted by Crippen LogP contribution is 2.24. The van der Waals surface area contributed by atoms with Gasteiger partial charge in [-0.15, -0.1) is 0 Å². The molecule has 2 rings (SSSR count). The average Bonchev–Trinajstić information content (AvgIpc) is 2.47. The number of methoxy groups -OCH3 is 1. The largest absolute Gasteiger partial charge is 0.469 e. The van der Waals surface area contributed by atoms with Crippen LogP contribution < -0.4 is 0 Å². The molecule has 0 heterocycles. The average molecular weight is 309 g/mol. The minimum atomic E-state index is -0.349. The van der Waals surface area contributed by atoms with Crippen LogP contribution in [0.3, 0.4) is 0 Å². The molecule has 0 aliphatic carbocycles. The summed E-state index contributed by atoms with van der Waals surface area (Å²) in [6, 6.07) is 14.7. The van der Waals surface area contributed by atoms with E-state index in [0.717, 1.165) is 11.1 Å². The molecule has 0 aliphatic heterocycles. The molecule has 0 fully saturated rings. The van der Waals surface area contributed by atoms with Crippen LogP contribution in [0.15, 0.2) is 48.5 Å². The van der Waals surface area contributed by atoms with Crippen molar-refractivity contribution in [1.82, 2.24) is 0 Å². The molecule has 2 aromatic rings. The van der Waals surface area contributed by atoms with E-state index in [1.807, 2.05) is 36.4 Å². The Balaban J connectivity index is 2.26. The molecule has 1 atom stereocenters. The number of carbonyl (C=O) groups excluding carboxylic acids is 1. The monoisotopic (exact) mass is 308 g/mol. The highest BCUT2D eigenvalue weighted by Gasteiger charge is 2.21. The van der Waals surface area contributed by atoms with Crippen LogP contribution in [0, 0.1) is 0 Å². The van der Waals surface area contributed by atoms with Crippen LogP contribution in [-0.4, -0.2) is 13.1 Å². The summed E-state index contributed by atoms with van der Waals surface area (Å²) in [7, 11) is 1.40. The summed E-state index contributed by atoms with van der Waals surface area (Å²) in [5.74, 6) is -0.610. The highest BCUT2D eigenvalue weighted by atomic mass is 35.5. The zero-order chi connectivity index (χ0) is 14.5. The Hall–Kier alpha value is -1.51. The summed E-state index contributed by atoms with van der Waals surface area (Å²) >= 11 is 11.7. The van der Waals surface area contributed by atoms with Gasteiger partial charge >= 0.3 is 5.97 Å². The second-order valence-corrected chi connectivity index (χ2v) is 5.33. The maximum Gasteiger partial charge on any atom is 0.313 e. The van der Waals surface area contributed by atoms with Gasteiger partial charge in [0.2, 0.25) is 0 Å². The van der Waals surface area contributed by atoms with Gasteiger partial charge < -0.3 is 4.74 Å². The zero-order valence-electron chi connectivity index (χ0n) is 11.0. The van der Waals surface area contributed by atoms with E-state index >= 15 is 0 Å². The highest BCUT2D eigenvalue weighted by molar-refractivity contribution is 6.30. The normalized spacial score (nSPS) is 11.9. The third-order valence-corrected chi connectivity index (χ3v) is 3.62. The van der Waals surface area contributed by atoms with Gasteiger partial charge in [0.1, 0.15) is 0 Å². The number of ether oxygens (including phenoxy) is 1. The molecule has 0 bridgehead atoms. The van der Waals surface area contributed by atoms with Crippen molar-refractivity contribution in [3.05, 3.63) is 69.7 Å². The number of hydrogen-bond donors (Lipinski definition) is 0. The number of benzene rings is 2. The first-order valence-electron chi connectivity index (χ1n) is 6.18. The van der Waals surface area contributed by atoms with Crippen molar-refractivity contribution in [2.75, 3.05) is 7.11 Å². The Morgan fingerprint density at radius 3 is 2.00 bits per heavy atom. The first-order valence-corrected chi connectivity index (χ1v) is 6.93. The van der Waals surface area contributed by atoms with Crippen LogP contribution in [-0.2, 0) is 16.0 Å². The number of esters is 1. The van der Waals surface area contributed by atoms with Crippen LogP contribution in [0.4, 0.5) is 0 Å².